The van der Waals surface area contributed by atoms with E-state index < -0.39 is 5.97 Å². The number of nitrogens with zero attached hydrogens (tertiary/aromatic N) is 2. The van der Waals surface area contributed by atoms with Crippen LogP contribution < -0.4 is 5.32 Å². The van der Waals surface area contributed by atoms with Gasteiger partial charge in [0.05, 0.1) is 0 Å². The molecule has 0 fully saturated rings. The van der Waals surface area contributed by atoms with E-state index in [1.165, 1.54) is 17.9 Å². The van der Waals surface area contributed by atoms with Gasteiger partial charge >= 0.3 is 5.97 Å². The van der Waals surface area contributed by atoms with E-state index in [0.29, 0.717) is 6.54 Å². The summed E-state index contributed by atoms with van der Waals surface area (Å²) in [6, 6.07) is 0. The zero-order valence-corrected chi connectivity index (χ0v) is 8.04. The third-order valence-corrected chi connectivity index (χ3v) is 2.11. The van der Waals surface area contributed by atoms with Gasteiger partial charge < -0.3 is 10.4 Å². The maximum Gasteiger partial charge on any atom is 0.303 e. The van der Waals surface area contributed by atoms with Crippen LogP contribution >= 0.6 is 11.5 Å². The number of carbonyl (C=O) groups is 1. The van der Waals surface area contributed by atoms with Gasteiger partial charge in [0, 0.05) is 24.5 Å². The van der Waals surface area contributed by atoms with Gasteiger partial charge in [0.1, 0.15) is 6.33 Å². The normalized spacial score (nSPS) is 12.4. The first-order valence-electron chi connectivity index (χ1n) is 3.91. The van der Waals surface area contributed by atoms with Gasteiger partial charge in [-0.15, -0.1) is 0 Å². The Labute approximate surface area is 80.0 Å². The average Bonchev–Trinajstić information content (AvgIpc) is 2.51. The minimum atomic E-state index is -0.772. The molecule has 5 nitrogen and oxygen atoms in total. The molecule has 0 saturated carbocycles. The molecule has 1 aromatic rings. The molecule has 0 aliphatic carbocycles. The van der Waals surface area contributed by atoms with Crippen LogP contribution in [0.2, 0.25) is 0 Å². The molecule has 0 bridgehead atoms. The fourth-order valence-corrected chi connectivity index (χ4v) is 1.32. The molecule has 1 atom stereocenters. The summed E-state index contributed by atoms with van der Waals surface area (Å²) in [7, 11) is 0. The summed E-state index contributed by atoms with van der Waals surface area (Å²) in [6.45, 7) is 2.49. The molecule has 72 valence electrons. The number of carboxylic acid groups (broad SMARTS) is 1. The van der Waals surface area contributed by atoms with Crippen LogP contribution in [0.15, 0.2) is 6.33 Å². The third kappa shape index (κ3) is 3.84. The van der Waals surface area contributed by atoms with E-state index in [1.807, 2.05) is 6.92 Å². The average molecular weight is 201 g/mol. The molecule has 1 aromatic heterocycles. The molecule has 0 aliphatic rings. The van der Waals surface area contributed by atoms with Crippen LogP contribution in [0.3, 0.4) is 0 Å². The Hall–Kier alpha value is -1.17. The summed E-state index contributed by atoms with van der Waals surface area (Å²) < 4.78 is 3.81. The predicted molar refractivity (Wildman–Crippen MR) is 49.8 cm³/mol. The minimum absolute atomic E-state index is 0.0985. The van der Waals surface area contributed by atoms with Gasteiger partial charge in [-0.05, 0) is 5.92 Å². The van der Waals surface area contributed by atoms with Crippen molar-refractivity contribution < 1.29 is 9.90 Å². The fourth-order valence-electron chi connectivity index (χ4n) is 0.883. The first-order chi connectivity index (χ1) is 6.18. The smallest absolute Gasteiger partial charge is 0.303 e. The number of rotatable bonds is 5. The van der Waals surface area contributed by atoms with Gasteiger partial charge in [0.15, 0.2) is 0 Å². The van der Waals surface area contributed by atoms with E-state index >= 15 is 0 Å². The highest BCUT2D eigenvalue weighted by Crippen LogP contribution is 2.09. The van der Waals surface area contributed by atoms with E-state index in [0.717, 1.165) is 5.13 Å². The van der Waals surface area contributed by atoms with Gasteiger partial charge in [-0.3, -0.25) is 4.79 Å². The summed E-state index contributed by atoms with van der Waals surface area (Å²) in [5, 5.41) is 12.2. The highest BCUT2D eigenvalue weighted by Gasteiger charge is 2.07. The van der Waals surface area contributed by atoms with Crippen LogP contribution in [-0.2, 0) is 4.79 Å². The largest absolute Gasteiger partial charge is 0.481 e. The van der Waals surface area contributed by atoms with Crippen LogP contribution in [0.1, 0.15) is 13.3 Å². The lowest BCUT2D eigenvalue weighted by molar-refractivity contribution is -0.137. The van der Waals surface area contributed by atoms with Crippen LogP contribution in [0.25, 0.3) is 0 Å². The van der Waals surface area contributed by atoms with Gasteiger partial charge in [-0.2, -0.15) is 4.37 Å². The standard InChI is InChI=1S/C7H11N3O2S/c1-5(2-6(11)12)3-8-7-9-4-10-13-7/h4-5H,2-3H2,1H3,(H,11,12)(H,8,9,10). The Kier molecular flexibility index (Phi) is 3.63. The van der Waals surface area contributed by atoms with E-state index in [2.05, 4.69) is 14.7 Å². The van der Waals surface area contributed by atoms with Gasteiger partial charge in [-0.25, -0.2) is 4.98 Å². The highest BCUT2D eigenvalue weighted by molar-refractivity contribution is 7.09. The van der Waals surface area contributed by atoms with Gasteiger partial charge in [-0.1, -0.05) is 6.92 Å². The number of carboxylic acids is 1. The Morgan fingerprint density at radius 2 is 2.62 bits per heavy atom. The van der Waals surface area contributed by atoms with Crippen molar-refractivity contribution in [3.05, 3.63) is 6.33 Å². The number of aromatic nitrogens is 2. The summed E-state index contributed by atoms with van der Waals surface area (Å²) >= 11 is 1.26. The summed E-state index contributed by atoms with van der Waals surface area (Å²) in [5.74, 6) is -0.673. The van der Waals surface area contributed by atoms with E-state index in [-0.39, 0.29) is 12.3 Å². The second-order valence-corrected chi connectivity index (χ2v) is 3.61. The van der Waals surface area contributed by atoms with Crippen molar-refractivity contribution in [1.82, 2.24) is 9.36 Å². The summed E-state index contributed by atoms with van der Waals surface area (Å²) in [6.07, 6.45) is 1.64. The molecule has 0 aliphatic heterocycles. The Morgan fingerprint density at radius 1 is 1.85 bits per heavy atom. The minimum Gasteiger partial charge on any atom is -0.481 e. The van der Waals surface area contributed by atoms with Crippen LogP contribution in [0.5, 0.6) is 0 Å². The second kappa shape index (κ2) is 4.76. The van der Waals surface area contributed by atoms with Gasteiger partial charge in [0.25, 0.3) is 0 Å². The number of hydrogen-bond donors (Lipinski definition) is 2. The SMILES string of the molecule is CC(CNc1ncns1)CC(=O)O. The van der Waals surface area contributed by atoms with E-state index in [1.54, 1.807) is 0 Å². The predicted octanol–water partition coefficient (Wildman–Crippen LogP) is 1.06. The molecule has 0 spiro atoms. The lowest BCUT2D eigenvalue weighted by Crippen LogP contribution is -2.14. The number of aliphatic carboxylic acids is 1. The maximum absolute atomic E-state index is 10.3. The number of hydrogen-bond acceptors (Lipinski definition) is 5. The first-order valence-corrected chi connectivity index (χ1v) is 4.68. The summed E-state index contributed by atoms with van der Waals surface area (Å²) in [5.41, 5.74) is 0. The molecule has 0 radical (unpaired) electrons. The van der Waals surface area contributed by atoms with E-state index in [4.69, 9.17) is 5.11 Å². The van der Waals surface area contributed by atoms with E-state index in [9.17, 15) is 4.79 Å². The molecule has 1 rings (SSSR count). The molecular weight excluding hydrogens is 190 g/mol. The zero-order chi connectivity index (χ0) is 9.68. The topological polar surface area (TPSA) is 75.1 Å². The van der Waals surface area contributed by atoms with Gasteiger partial charge in [0.2, 0.25) is 5.13 Å². The fraction of sp³-hybridized carbons (Fsp3) is 0.571. The number of nitrogens with one attached hydrogen (secondary N) is 1. The molecule has 13 heavy (non-hydrogen) atoms. The van der Waals surface area contributed by atoms with Crippen molar-refractivity contribution in [2.75, 3.05) is 11.9 Å². The second-order valence-electron chi connectivity index (χ2n) is 2.83. The maximum atomic E-state index is 10.3. The molecule has 2 N–H and O–H groups in total. The first kappa shape index (κ1) is 9.91. The van der Waals surface area contributed by atoms with Crippen molar-refractivity contribution in [3.8, 4) is 0 Å². The molecule has 0 aromatic carbocycles. The van der Waals surface area contributed by atoms with Crippen LogP contribution in [0.4, 0.5) is 5.13 Å². The van der Waals surface area contributed by atoms with Crippen LogP contribution in [-0.4, -0.2) is 27.0 Å². The lowest BCUT2D eigenvalue weighted by atomic mass is 10.1. The highest BCUT2D eigenvalue weighted by atomic mass is 32.1. The Morgan fingerprint density at radius 3 is 3.15 bits per heavy atom. The molecule has 0 saturated heterocycles. The molecular formula is C7H11N3O2S. The molecule has 1 heterocycles. The van der Waals surface area contributed by atoms with Crippen molar-refractivity contribution >= 4 is 22.6 Å². The van der Waals surface area contributed by atoms with Crippen molar-refractivity contribution in [1.29, 1.82) is 0 Å². The molecule has 1 unspecified atom stereocenters. The van der Waals surface area contributed by atoms with Crippen molar-refractivity contribution in [2.24, 2.45) is 5.92 Å². The third-order valence-electron chi connectivity index (χ3n) is 1.49. The lowest BCUT2D eigenvalue weighted by Gasteiger charge is -2.07. The molecule has 0 amide bonds. The Balaban J connectivity index is 2.22. The molecule has 6 heteroatoms. The Bertz CT molecular complexity index is 263. The zero-order valence-electron chi connectivity index (χ0n) is 7.23. The monoisotopic (exact) mass is 201 g/mol. The summed E-state index contributed by atoms with van der Waals surface area (Å²) in [4.78, 5) is 14.2. The van der Waals surface area contributed by atoms with Crippen molar-refractivity contribution in [2.45, 2.75) is 13.3 Å². The number of anilines is 1. The van der Waals surface area contributed by atoms with Crippen molar-refractivity contribution in [3.63, 3.8) is 0 Å². The van der Waals surface area contributed by atoms with Crippen LogP contribution in [0, 0.1) is 5.92 Å². The quantitative estimate of drug-likeness (QED) is 0.745.